The quantitative estimate of drug-likeness (QED) is 0.462. The van der Waals surface area contributed by atoms with Crippen molar-refractivity contribution in [3.63, 3.8) is 0 Å². The topological polar surface area (TPSA) is 58.6 Å². The predicted octanol–water partition coefficient (Wildman–Crippen LogP) is 5.22. The largest absolute Gasteiger partial charge is 0.484 e. The van der Waals surface area contributed by atoms with Crippen LogP contribution in [0.15, 0.2) is 48.5 Å². The molecular formula is C27H38N2O3. The highest BCUT2D eigenvalue weighted by atomic mass is 16.5. The van der Waals surface area contributed by atoms with Gasteiger partial charge in [0.15, 0.2) is 6.61 Å². The van der Waals surface area contributed by atoms with Crippen LogP contribution in [0.1, 0.15) is 69.6 Å². The van der Waals surface area contributed by atoms with Gasteiger partial charge in [-0.05, 0) is 54.5 Å². The third-order valence-corrected chi connectivity index (χ3v) is 5.73. The molecule has 0 heterocycles. The van der Waals surface area contributed by atoms with Gasteiger partial charge in [-0.2, -0.15) is 0 Å². The van der Waals surface area contributed by atoms with Gasteiger partial charge in [0.1, 0.15) is 11.8 Å². The molecule has 174 valence electrons. The van der Waals surface area contributed by atoms with Crippen LogP contribution in [0.2, 0.25) is 0 Å². The molecule has 5 heteroatoms. The van der Waals surface area contributed by atoms with Crippen molar-refractivity contribution >= 4 is 11.8 Å². The molecule has 0 radical (unpaired) electrons. The Balaban J connectivity index is 2.16. The molecule has 1 N–H and O–H groups in total. The number of nitrogens with zero attached hydrogens (tertiary/aromatic N) is 1. The average Bonchev–Trinajstić information content (AvgIpc) is 2.79. The van der Waals surface area contributed by atoms with Gasteiger partial charge in [-0.25, -0.2) is 0 Å². The summed E-state index contributed by atoms with van der Waals surface area (Å²) < 4.78 is 5.80. The molecular weight excluding hydrogens is 400 g/mol. The van der Waals surface area contributed by atoms with E-state index >= 15 is 0 Å². The number of hydrogen-bond acceptors (Lipinski definition) is 3. The summed E-state index contributed by atoms with van der Waals surface area (Å²) in [5.74, 6) is 0.786. The molecule has 0 aliphatic rings. The monoisotopic (exact) mass is 438 g/mol. The number of aryl methyl sites for hydroxylation is 1. The summed E-state index contributed by atoms with van der Waals surface area (Å²) in [4.78, 5) is 27.8. The Morgan fingerprint density at radius 3 is 2.31 bits per heavy atom. The highest BCUT2D eigenvalue weighted by Crippen LogP contribution is 2.20. The minimum absolute atomic E-state index is 0.106. The molecule has 2 aromatic carbocycles. The lowest BCUT2D eigenvalue weighted by atomic mass is 10.0. The number of rotatable bonds is 12. The van der Waals surface area contributed by atoms with Crippen LogP contribution in [0, 0.1) is 6.92 Å². The standard InChI is InChI=1S/C27H38N2O3/c1-6-8-17-28-27(31)25(7-2)29(18-23-12-10-9-11-21(23)5)26(30)19-32-24-15-13-22(14-16-24)20(3)4/h9-16,20,25H,6-8,17-19H2,1-5H3,(H,28,31)/t25-/m0/s1. The second-order valence-electron chi connectivity index (χ2n) is 8.53. The first-order chi connectivity index (χ1) is 15.4. The zero-order valence-corrected chi connectivity index (χ0v) is 20.2. The van der Waals surface area contributed by atoms with Gasteiger partial charge in [0.25, 0.3) is 5.91 Å². The zero-order chi connectivity index (χ0) is 23.5. The number of benzene rings is 2. The summed E-state index contributed by atoms with van der Waals surface area (Å²) in [5, 5.41) is 2.99. The minimum atomic E-state index is -0.536. The van der Waals surface area contributed by atoms with Crippen LogP contribution in [0.3, 0.4) is 0 Å². The molecule has 0 bridgehead atoms. The molecule has 5 nitrogen and oxygen atoms in total. The van der Waals surface area contributed by atoms with Crippen molar-refractivity contribution in [3.05, 3.63) is 65.2 Å². The molecule has 0 unspecified atom stereocenters. The zero-order valence-electron chi connectivity index (χ0n) is 20.2. The molecule has 0 fully saturated rings. The van der Waals surface area contributed by atoms with Crippen molar-refractivity contribution in [1.29, 1.82) is 0 Å². The van der Waals surface area contributed by atoms with E-state index in [1.54, 1.807) is 4.90 Å². The fourth-order valence-electron chi connectivity index (χ4n) is 3.57. The Hall–Kier alpha value is -2.82. The normalized spacial score (nSPS) is 11.8. The Bertz CT molecular complexity index is 861. The van der Waals surface area contributed by atoms with Crippen molar-refractivity contribution in [2.24, 2.45) is 0 Å². The third kappa shape index (κ3) is 7.40. The van der Waals surface area contributed by atoms with Gasteiger partial charge in [0.05, 0.1) is 0 Å². The summed E-state index contributed by atoms with van der Waals surface area (Å²) in [6.45, 7) is 11.2. The average molecular weight is 439 g/mol. The van der Waals surface area contributed by atoms with Gasteiger partial charge in [-0.15, -0.1) is 0 Å². The van der Waals surface area contributed by atoms with Gasteiger partial charge in [0, 0.05) is 13.1 Å². The van der Waals surface area contributed by atoms with Crippen molar-refractivity contribution < 1.29 is 14.3 Å². The van der Waals surface area contributed by atoms with Gasteiger partial charge in [-0.1, -0.05) is 70.5 Å². The van der Waals surface area contributed by atoms with Crippen LogP contribution in [0.25, 0.3) is 0 Å². The Morgan fingerprint density at radius 2 is 1.72 bits per heavy atom. The van der Waals surface area contributed by atoms with E-state index in [1.807, 2.05) is 62.4 Å². The molecule has 0 spiro atoms. The molecule has 2 aromatic rings. The van der Waals surface area contributed by atoms with Crippen molar-refractivity contribution in [2.45, 2.75) is 72.4 Å². The summed E-state index contributed by atoms with van der Waals surface area (Å²) >= 11 is 0. The highest BCUT2D eigenvalue weighted by molar-refractivity contribution is 5.88. The van der Waals surface area contributed by atoms with Crippen LogP contribution >= 0.6 is 0 Å². The molecule has 0 saturated heterocycles. The number of hydrogen-bond donors (Lipinski definition) is 1. The van der Waals surface area contributed by atoms with Crippen LogP contribution in [0.4, 0.5) is 0 Å². The third-order valence-electron chi connectivity index (χ3n) is 5.73. The predicted molar refractivity (Wildman–Crippen MR) is 130 cm³/mol. The maximum Gasteiger partial charge on any atom is 0.261 e. The minimum Gasteiger partial charge on any atom is -0.484 e. The second-order valence-corrected chi connectivity index (χ2v) is 8.53. The Kier molecular flexibility index (Phi) is 10.3. The van der Waals surface area contributed by atoms with Crippen molar-refractivity contribution in [2.75, 3.05) is 13.2 Å². The first kappa shape index (κ1) is 25.4. The summed E-state index contributed by atoms with van der Waals surface area (Å²) in [6.07, 6.45) is 2.47. The van der Waals surface area contributed by atoms with E-state index in [1.165, 1.54) is 5.56 Å². The SMILES string of the molecule is CCCCNC(=O)[C@H](CC)N(Cc1ccccc1C)C(=O)COc1ccc(C(C)C)cc1. The van der Waals surface area contributed by atoms with E-state index in [-0.39, 0.29) is 18.4 Å². The second kappa shape index (κ2) is 12.9. The molecule has 2 rings (SSSR count). The number of unbranched alkanes of at least 4 members (excludes halogenated alkanes) is 1. The molecule has 2 amide bonds. The molecule has 0 aromatic heterocycles. The summed E-state index contributed by atoms with van der Waals surface area (Å²) in [7, 11) is 0. The molecule has 32 heavy (non-hydrogen) atoms. The highest BCUT2D eigenvalue weighted by Gasteiger charge is 2.29. The lowest BCUT2D eigenvalue weighted by Gasteiger charge is -2.31. The van der Waals surface area contributed by atoms with E-state index in [2.05, 4.69) is 26.1 Å². The fraction of sp³-hybridized carbons (Fsp3) is 0.481. The van der Waals surface area contributed by atoms with Crippen LogP contribution in [0.5, 0.6) is 5.75 Å². The van der Waals surface area contributed by atoms with Crippen LogP contribution in [-0.2, 0) is 16.1 Å². The molecule has 0 saturated carbocycles. The molecule has 0 aliphatic heterocycles. The van der Waals surface area contributed by atoms with E-state index < -0.39 is 6.04 Å². The first-order valence-corrected chi connectivity index (χ1v) is 11.7. The maximum atomic E-state index is 13.3. The number of nitrogens with one attached hydrogen (secondary N) is 1. The van der Waals surface area contributed by atoms with E-state index in [9.17, 15) is 9.59 Å². The van der Waals surface area contributed by atoms with E-state index in [0.29, 0.717) is 31.2 Å². The van der Waals surface area contributed by atoms with Gasteiger partial charge >= 0.3 is 0 Å². The smallest absolute Gasteiger partial charge is 0.261 e. The number of ether oxygens (including phenoxy) is 1. The lowest BCUT2D eigenvalue weighted by molar-refractivity contribution is -0.143. The summed E-state index contributed by atoms with van der Waals surface area (Å²) in [5.41, 5.74) is 3.35. The van der Waals surface area contributed by atoms with E-state index in [0.717, 1.165) is 24.0 Å². The summed E-state index contributed by atoms with van der Waals surface area (Å²) in [6, 6.07) is 15.2. The first-order valence-electron chi connectivity index (χ1n) is 11.7. The molecule has 0 aliphatic carbocycles. The van der Waals surface area contributed by atoms with Crippen molar-refractivity contribution in [3.8, 4) is 5.75 Å². The van der Waals surface area contributed by atoms with E-state index in [4.69, 9.17) is 4.74 Å². The van der Waals surface area contributed by atoms with Crippen molar-refractivity contribution in [1.82, 2.24) is 10.2 Å². The van der Waals surface area contributed by atoms with Gasteiger partial charge in [-0.3, -0.25) is 9.59 Å². The van der Waals surface area contributed by atoms with Gasteiger partial charge < -0.3 is 15.0 Å². The number of carbonyl (C=O) groups is 2. The fourth-order valence-corrected chi connectivity index (χ4v) is 3.57. The Labute approximate surface area is 193 Å². The number of carbonyl (C=O) groups excluding carboxylic acids is 2. The maximum absolute atomic E-state index is 13.3. The number of amides is 2. The Morgan fingerprint density at radius 1 is 1.03 bits per heavy atom. The molecule has 1 atom stereocenters. The van der Waals surface area contributed by atoms with Crippen LogP contribution in [-0.4, -0.2) is 35.9 Å². The van der Waals surface area contributed by atoms with Crippen LogP contribution < -0.4 is 10.1 Å². The lowest BCUT2D eigenvalue weighted by Crippen LogP contribution is -2.50. The van der Waals surface area contributed by atoms with Gasteiger partial charge in [0.2, 0.25) is 5.91 Å².